The van der Waals surface area contributed by atoms with E-state index >= 15 is 0 Å². The lowest BCUT2D eigenvalue weighted by molar-refractivity contribution is -0.142. The van der Waals surface area contributed by atoms with Crippen molar-refractivity contribution >= 4 is 5.91 Å². The van der Waals surface area contributed by atoms with Gasteiger partial charge in [0.15, 0.2) is 0 Å². The standard InChI is InChI=1S/C15H21NO2/c1-12(14(17)16-10-6-7-11-16)15(2,18)13-8-4-3-5-9-13/h3-5,8-9,12,18H,6-7,10-11H2,1-2H3/t12-,15+/m0/s1. The summed E-state index contributed by atoms with van der Waals surface area (Å²) >= 11 is 0. The van der Waals surface area contributed by atoms with Gasteiger partial charge in [0.2, 0.25) is 5.91 Å². The van der Waals surface area contributed by atoms with Crippen LogP contribution in [0.5, 0.6) is 0 Å². The van der Waals surface area contributed by atoms with Gasteiger partial charge in [0.25, 0.3) is 0 Å². The lowest BCUT2D eigenvalue weighted by atomic mass is 9.83. The molecule has 98 valence electrons. The molecule has 0 aliphatic carbocycles. The van der Waals surface area contributed by atoms with E-state index in [0.29, 0.717) is 0 Å². The number of likely N-dealkylation sites (tertiary alicyclic amines) is 1. The molecular weight excluding hydrogens is 226 g/mol. The van der Waals surface area contributed by atoms with Crippen molar-refractivity contribution in [3.8, 4) is 0 Å². The average molecular weight is 247 g/mol. The molecule has 0 aromatic heterocycles. The molecule has 1 amide bonds. The monoisotopic (exact) mass is 247 g/mol. The van der Waals surface area contributed by atoms with Crippen molar-refractivity contribution in [2.45, 2.75) is 32.3 Å². The van der Waals surface area contributed by atoms with Crippen molar-refractivity contribution in [2.24, 2.45) is 5.92 Å². The van der Waals surface area contributed by atoms with Crippen molar-refractivity contribution in [3.63, 3.8) is 0 Å². The molecule has 1 aromatic carbocycles. The van der Waals surface area contributed by atoms with Crippen LogP contribution in [-0.2, 0) is 10.4 Å². The van der Waals surface area contributed by atoms with Gasteiger partial charge >= 0.3 is 0 Å². The van der Waals surface area contributed by atoms with E-state index < -0.39 is 11.5 Å². The molecule has 18 heavy (non-hydrogen) atoms. The van der Waals surface area contributed by atoms with Crippen molar-refractivity contribution in [3.05, 3.63) is 35.9 Å². The van der Waals surface area contributed by atoms with Gasteiger partial charge in [-0.3, -0.25) is 4.79 Å². The highest BCUT2D eigenvalue weighted by molar-refractivity contribution is 5.80. The maximum Gasteiger partial charge on any atom is 0.228 e. The molecule has 0 radical (unpaired) electrons. The van der Waals surface area contributed by atoms with E-state index in [1.54, 1.807) is 6.92 Å². The largest absolute Gasteiger partial charge is 0.385 e. The Labute approximate surface area is 108 Å². The zero-order valence-corrected chi connectivity index (χ0v) is 11.1. The molecular formula is C15H21NO2. The summed E-state index contributed by atoms with van der Waals surface area (Å²) in [5.74, 6) is -0.362. The Hall–Kier alpha value is -1.35. The van der Waals surface area contributed by atoms with E-state index in [-0.39, 0.29) is 5.91 Å². The van der Waals surface area contributed by atoms with Crippen LogP contribution in [0, 0.1) is 5.92 Å². The molecule has 2 rings (SSSR count). The van der Waals surface area contributed by atoms with Gasteiger partial charge in [0, 0.05) is 13.1 Å². The molecule has 1 aliphatic rings. The first-order valence-electron chi connectivity index (χ1n) is 6.60. The summed E-state index contributed by atoms with van der Waals surface area (Å²) in [6, 6.07) is 9.42. The smallest absolute Gasteiger partial charge is 0.228 e. The third-order valence-electron chi connectivity index (χ3n) is 3.99. The van der Waals surface area contributed by atoms with Crippen LogP contribution >= 0.6 is 0 Å². The normalized spacial score (nSPS) is 20.5. The molecule has 2 atom stereocenters. The van der Waals surface area contributed by atoms with E-state index in [4.69, 9.17) is 0 Å². The summed E-state index contributed by atoms with van der Waals surface area (Å²) in [5, 5.41) is 10.6. The topological polar surface area (TPSA) is 40.5 Å². The van der Waals surface area contributed by atoms with Gasteiger partial charge in [0.1, 0.15) is 0 Å². The van der Waals surface area contributed by atoms with Crippen LogP contribution in [0.1, 0.15) is 32.3 Å². The Morgan fingerprint density at radius 3 is 2.39 bits per heavy atom. The minimum atomic E-state index is -1.11. The zero-order chi connectivity index (χ0) is 13.2. The van der Waals surface area contributed by atoms with Gasteiger partial charge in [0.05, 0.1) is 11.5 Å². The quantitative estimate of drug-likeness (QED) is 0.889. The molecule has 0 saturated carbocycles. The summed E-state index contributed by atoms with van der Waals surface area (Å²) in [6.45, 7) is 5.19. The number of hydrogen-bond acceptors (Lipinski definition) is 2. The lowest BCUT2D eigenvalue weighted by Gasteiger charge is -2.32. The predicted octanol–water partition coefficient (Wildman–Crippen LogP) is 2.15. The molecule has 0 unspecified atom stereocenters. The minimum Gasteiger partial charge on any atom is -0.385 e. The minimum absolute atomic E-state index is 0.0568. The first-order chi connectivity index (χ1) is 8.53. The first kappa shape index (κ1) is 13.1. The number of hydrogen-bond donors (Lipinski definition) is 1. The summed E-state index contributed by atoms with van der Waals surface area (Å²) in [5.41, 5.74) is -0.314. The van der Waals surface area contributed by atoms with Gasteiger partial charge in [-0.1, -0.05) is 37.3 Å². The summed E-state index contributed by atoms with van der Waals surface area (Å²) in [7, 11) is 0. The second-order valence-electron chi connectivity index (χ2n) is 5.27. The molecule has 1 N–H and O–H groups in total. The number of rotatable bonds is 3. The molecule has 1 saturated heterocycles. The Balaban J connectivity index is 2.16. The van der Waals surface area contributed by atoms with Crippen LogP contribution in [0.4, 0.5) is 0 Å². The van der Waals surface area contributed by atoms with E-state index in [1.165, 1.54) is 0 Å². The van der Waals surface area contributed by atoms with Crippen molar-refractivity contribution in [2.75, 3.05) is 13.1 Å². The van der Waals surface area contributed by atoms with Crippen LogP contribution in [0.15, 0.2) is 30.3 Å². The maximum atomic E-state index is 12.3. The van der Waals surface area contributed by atoms with E-state index in [1.807, 2.05) is 42.2 Å². The van der Waals surface area contributed by atoms with Crippen LogP contribution < -0.4 is 0 Å². The molecule has 1 fully saturated rings. The number of amides is 1. The molecule has 0 bridgehead atoms. The van der Waals surface area contributed by atoms with Crippen LogP contribution in [0.3, 0.4) is 0 Å². The molecule has 1 heterocycles. The number of aliphatic hydroxyl groups is 1. The number of nitrogens with zero attached hydrogens (tertiary/aromatic N) is 1. The first-order valence-corrected chi connectivity index (χ1v) is 6.60. The maximum absolute atomic E-state index is 12.3. The SMILES string of the molecule is C[C@@H](C(=O)N1CCCC1)[C@@](C)(O)c1ccccc1. The summed E-state index contributed by atoms with van der Waals surface area (Å²) < 4.78 is 0. The second kappa shape index (κ2) is 5.11. The Morgan fingerprint density at radius 1 is 1.28 bits per heavy atom. The Bertz CT molecular complexity index is 408. The van der Waals surface area contributed by atoms with Gasteiger partial charge in [-0.15, -0.1) is 0 Å². The van der Waals surface area contributed by atoms with Crippen LogP contribution in [0.25, 0.3) is 0 Å². The highest BCUT2D eigenvalue weighted by Crippen LogP contribution is 2.31. The third-order valence-corrected chi connectivity index (χ3v) is 3.99. The van der Waals surface area contributed by atoms with Crippen LogP contribution in [0.2, 0.25) is 0 Å². The fraction of sp³-hybridized carbons (Fsp3) is 0.533. The predicted molar refractivity (Wildman–Crippen MR) is 71.0 cm³/mol. The zero-order valence-electron chi connectivity index (χ0n) is 11.1. The molecule has 3 heteroatoms. The van der Waals surface area contributed by atoms with Gasteiger partial charge in [-0.25, -0.2) is 0 Å². The van der Waals surface area contributed by atoms with E-state index in [9.17, 15) is 9.90 Å². The fourth-order valence-electron chi connectivity index (χ4n) is 2.48. The number of benzene rings is 1. The fourth-order valence-corrected chi connectivity index (χ4v) is 2.48. The van der Waals surface area contributed by atoms with Crippen LogP contribution in [-0.4, -0.2) is 29.0 Å². The van der Waals surface area contributed by atoms with E-state index in [0.717, 1.165) is 31.5 Å². The summed E-state index contributed by atoms with van der Waals surface area (Å²) in [4.78, 5) is 14.2. The average Bonchev–Trinajstić information content (AvgIpc) is 2.92. The third kappa shape index (κ3) is 2.41. The Kier molecular flexibility index (Phi) is 3.71. The molecule has 0 spiro atoms. The second-order valence-corrected chi connectivity index (χ2v) is 5.27. The molecule has 1 aromatic rings. The van der Waals surface area contributed by atoms with Gasteiger partial charge in [-0.05, 0) is 25.3 Å². The van der Waals surface area contributed by atoms with Crippen molar-refractivity contribution in [1.29, 1.82) is 0 Å². The van der Waals surface area contributed by atoms with E-state index in [2.05, 4.69) is 0 Å². The van der Waals surface area contributed by atoms with Gasteiger partial charge < -0.3 is 10.0 Å². The molecule has 1 aliphatic heterocycles. The summed E-state index contributed by atoms with van der Waals surface area (Å²) in [6.07, 6.45) is 2.15. The number of carbonyl (C=O) groups excluding carboxylic acids is 1. The lowest BCUT2D eigenvalue weighted by Crippen LogP contribution is -2.42. The van der Waals surface area contributed by atoms with Gasteiger partial charge in [-0.2, -0.15) is 0 Å². The van der Waals surface area contributed by atoms with Crippen molar-refractivity contribution in [1.82, 2.24) is 4.90 Å². The van der Waals surface area contributed by atoms with Crippen molar-refractivity contribution < 1.29 is 9.90 Å². The highest BCUT2D eigenvalue weighted by Gasteiger charge is 2.37. The Morgan fingerprint density at radius 2 is 1.83 bits per heavy atom. The molecule has 3 nitrogen and oxygen atoms in total. The highest BCUT2D eigenvalue weighted by atomic mass is 16.3. The number of carbonyl (C=O) groups is 1.